The lowest BCUT2D eigenvalue weighted by Gasteiger charge is -2.31. The summed E-state index contributed by atoms with van der Waals surface area (Å²) in [4.78, 5) is 7.15. The summed E-state index contributed by atoms with van der Waals surface area (Å²) in [5, 5.41) is 6.66. The van der Waals surface area contributed by atoms with Crippen LogP contribution >= 0.6 is 23.7 Å². The molecular formula is C17H24ClN3OS. The number of hydrogen-bond acceptors (Lipinski definition) is 5. The summed E-state index contributed by atoms with van der Waals surface area (Å²) in [6.07, 6.45) is 0. The van der Waals surface area contributed by atoms with Gasteiger partial charge in [-0.1, -0.05) is 17.7 Å². The van der Waals surface area contributed by atoms with E-state index in [1.807, 2.05) is 12.1 Å². The molecule has 1 aliphatic rings. The molecular weight excluding hydrogens is 330 g/mol. The fourth-order valence-electron chi connectivity index (χ4n) is 2.65. The van der Waals surface area contributed by atoms with E-state index in [4.69, 9.17) is 9.72 Å². The van der Waals surface area contributed by atoms with E-state index in [0.29, 0.717) is 12.6 Å². The van der Waals surface area contributed by atoms with E-state index in [1.54, 1.807) is 11.3 Å². The number of thiazole rings is 1. The molecule has 1 aliphatic heterocycles. The van der Waals surface area contributed by atoms with Gasteiger partial charge in [-0.15, -0.1) is 23.7 Å². The number of ether oxygens (including phenoxy) is 1. The van der Waals surface area contributed by atoms with Gasteiger partial charge in [0, 0.05) is 37.6 Å². The highest BCUT2D eigenvalue weighted by molar-refractivity contribution is 7.09. The summed E-state index contributed by atoms with van der Waals surface area (Å²) >= 11 is 1.68. The molecule has 1 N–H and O–H groups in total. The van der Waals surface area contributed by atoms with E-state index in [2.05, 4.69) is 41.6 Å². The second-order valence-corrected chi connectivity index (χ2v) is 6.87. The first kappa shape index (κ1) is 18.2. The predicted molar refractivity (Wildman–Crippen MR) is 97.6 cm³/mol. The lowest BCUT2D eigenvalue weighted by Crippen LogP contribution is -2.48. The first-order valence-corrected chi connectivity index (χ1v) is 8.65. The van der Waals surface area contributed by atoms with Gasteiger partial charge in [-0.25, -0.2) is 4.98 Å². The van der Waals surface area contributed by atoms with Crippen LogP contribution < -0.4 is 10.1 Å². The molecule has 1 aromatic heterocycles. The largest absolute Gasteiger partial charge is 0.486 e. The highest BCUT2D eigenvalue weighted by Crippen LogP contribution is 2.17. The molecule has 6 heteroatoms. The molecule has 1 saturated heterocycles. The maximum atomic E-state index is 5.79. The molecule has 4 nitrogen and oxygen atoms in total. The van der Waals surface area contributed by atoms with Crippen LogP contribution in [0, 0.1) is 6.92 Å². The number of nitrogens with zero attached hydrogens (tertiary/aromatic N) is 2. The maximum Gasteiger partial charge on any atom is 0.140 e. The van der Waals surface area contributed by atoms with Crippen molar-refractivity contribution in [2.45, 2.75) is 33.0 Å². The zero-order valence-corrected chi connectivity index (χ0v) is 15.3. The Balaban J connectivity index is 0.00000192. The third-order valence-corrected chi connectivity index (χ3v) is 4.69. The molecule has 0 aliphatic carbocycles. The quantitative estimate of drug-likeness (QED) is 0.895. The third kappa shape index (κ3) is 5.46. The van der Waals surface area contributed by atoms with Crippen LogP contribution in [-0.2, 0) is 13.2 Å². The van der Waals surface area contributed by atoms with Crippen molar-refractivity contribution >= 4 is 23.7 Å². The lowest BCUT2D eigenvalue weighted by atomic mass is 10.2. The smallest absolute Gasteiger partial charge is 0.140 e. The van der Waals surface area contributed by atoms with Gasteiger partial charge >= 0.3 is 0 Å². The highest BCUT2D eigenvalue weighted by atomic mass is 35.5. The van der Waals surface area contributed by atoms with Crippen LogP contribution in [0.2, 0.25) is 0 Å². The Morgan fingerprint density at radius 3 is 2.87 bits per heavy atom. The number of hydrogen-bond donors (Lipinski definition) is 1. The van der Waals surface area contributed by atoms with Gasteiger partial charge in [-0.05, 0) is 26.0 Å². The van der Waals surface area contributed by atoms with Gasteiger partial charge < -0.3 is 10.1 Å². The Morgan fingerprint density at radius 1 is 1.35 bits per heavy atom. The molecule has 1 aromatic carbocycles. The number of halogens is 1. The number of rotatable bonds is 5. The van der Waals surface area contributed by atoms with Crippen LogP contribution in [0.25, 0.3) is 0 Å². The number of benzene rings is 1. The molecule has 0 amide bonds. The maximum absolute atomic E-state index is 5.79. The zero-order valence-electron chi connectivity index (χ0n) is 13.6. The Labute approximate surface area is 148 Å². The average Bonchev–Trinajstić information content (AvgIpc) is 2.94. The van der Waals surface area contributed by atoms with Crippen molar-refractivity contribution in [1.82, 2.24) is 15.2 Å². The second-order valence-electron chi connectivity index (χ2n) is 5.92. The second kappa shape index (κ2) is 8.64. The van der Waals surface area contributed by atoms with Crippen molar-refractivity contribution in [2.75, 3.05) is 19.6 Å². The van der Waals surface area contributed by atoms with Gasteiger partial charge in [0.15, 0.2) is 0 Å². The summed E-state index contributed by atoms with van der Waals surface area (Å²) in [6, 6.07) is 8.71. The van der Waals surface area contributed by atoms with Gasteiger partial charge in [0.1, 0.15) is 17.4 Å². The standard InChI is InChI=1S/C17H23N3OS.ClH/c1-13-3-5-16(6-4-13)21-11-17-19-15(12-22-17)10-20-8-7-18-14(2)9-20;/h3-6,12,14,18H,7-11H2,1-2H3;1H/t14-;/m0./s1. The Hall–Kier alpha value is -1.14. The third-order valence-electron chi connectivity index (χ3n) is 3.82. The molecule has 2 aromatic rings. The molecule has 0 bridgehead atoms. The van der Waals surface area contributed by atoms with E-state index in [0.717, 1.165) is 42.6 Å². The van der Waals surface area contributed by atoms with E-state index in [-0.39, 0.29) is 12.4 Å². The SMILES string of the molecule is Cc1ccc(OCc2nc(CN3CCN[C@@H](C)C3)cs2)cc1.Cl. The summed E-state index contributed by atoms with van der Waals surface area (Å²) in [5.74, 6) is 0.901. The van der Waals surface area contributed by atoms with Crippen molar-refractivity contribution in [3.63, 3.8) is 0 Å². The minimum Gasteiger partial charge on any atom is -0.486 e. The van der Waals surface area contributed by atoms with Gasteiger partial charge in [0.2, 0.25) is 0 Å². The fourth-order valence-corrected chi connectivity index (χ4v) is 3.35. The molecule has 3 rings (SSSR count). The summed E-state index contributed by atoms with van der Waals surface area (Å²) in [5.41, 5.74) is 2.40. The molecule has 0 spiro atoms. The Bertz CT molecular complexity index is 602. The lowest BCUT2D eigenvalue weighted by molar-refractivity contribution is 0.197. The first-order chi connectivity index (χ1) is 10.7. The topological polar surface area (TPSA) is 37.4 Å². The zero-order chi connectivity index (χ0) is 15.4. The molecule has 0 unspecified atom stereocenters. The van der Waals surface area contributed by atoms with Gasteiger partial charge in [-0.3, -0.25) is 4.90 Å². The number of nitrogens with one attached hydrogen (secondary N) is 1. The fraction of sp³-hybridized carbons (Fsp3) is 0.471. The molecule has 126 valence electrons. The van der Waals surface area contributed by atoms with Crippen LogP contribution in [-0.4, -0.2) is 35.6 Å². The van der Waals surface area contributed by atoms with Crippen LogP contribution in [0.4, 0.5) is 0 Å². The first-order valence-electron chi connectivity index (χ1n) is 7.77. The van der Waals surface area contributed by atoms with Crippen LogP contribution in [0.3, 0.4) is 0 Å². The van der Waals surface area contributed by atoms with E-state index < -0.39 is 0 Å². The van der Waals surface area contributed by atoms with Crippen LogP contribution in [0.5, 0.6) is 5.75 Å². The molecule has 2 heterocycles. The van der Waals surface area contributed by atoms with E-state index in [1.165, 1.54) is 5.56 Å². The van der Waals surface area contributed by atoms with E-state index in [9.17, 15) is 0 Å². The Kier molecular flexibility index (Phi) is 6.84. The van der Waals surface area contributed by atoms with Crippen molar-refractivity contribution in [2.24, 2.45) is 0 Å². The summed E-state index contributed by atoms with van der Waals surface area (Å²) < 4.78 is 5.79. The van der Waals surface area contributed by atoms with Crippen molar-refractivity contribution in [1.29, 1.82) is 0 Å². The molecule has 0 saturated carbocycles. The van der Waals surface area contributed by atoms with Gasteiger partial charge in [0.25, 0.3) is 0 Å². The van der Waals surface area contributed by atoms with Crippen molar-refractivity contribution < 1.29 is 4.74 Å². The Morgan fingerprint density at radius 2 is 2.13 bits per heavy atom. The predicted octanol–water partition coefficient (Wildman–Crippen LogP) is 3.25. The minimum atomic E-state index is 0. The van der Waals surface area contributed by atoms with Crippen molar-refractivity contribution in [3.05, 3.63) is 45.9 Å². The van der Waals surface area contributed by atoms with E-state index >= 15 is 0 Å². The van der Waals surface area contributed by atoms with Crippen molar-refractivity contribution in [3.8, 4) is 5.75 Å². The summed E-state index contributed by atoms with van der Waals surface area (Å²) in [7, 11) is 0. The number of piperazine rings is 1. The monoisotopic (exact) mass is 353 g/mol. The number of aryl methyl sites for hydroxylation is 1. The number of aromatic nitrogens is 1. The molecule has 23 heavy (non-hydrogen) atoms. The summed E-state index contributed by atoms with van der Waals surface area (Å²) in [6.45, 7) is 9.04. The molecule has 1 atom stereocenters. The minimum absolute atomic E-state index is 0. The van der Waals surface area contributed by atoms with Gasteiger partial charge in [-0.2, -0.15) is 0 Å². The molecule has 1 fully saturated rings. The highest BCUT2D eigenvalue weighted by Gasteiger charge is 2.16. The normalized spacial score (nSPS) is 18.4. The van der Waals surface area contributed by atoms with Gasteiger partial charge in [0.05, 0.1) is 5.69 Å². The molecule has 0 radical (unpaired) electrons. The van der Waals surface area contributed by atoms with Crippen LogP contribution in [0.15, 0.2) is 29.6 Å². The van der Waals surface area contributed by atoms with Crippen LogP contribution in [0.1, 0.15) is 23.2 Å². The average molecular weight is 354 g/mol.